The van der Waals surface area contributed by atoms with Crippen molar-refractivity contribution in [3.8, 4) is 0 Å². The molecule has 1 saturated heterocycles. The molecule has 2 aromatic rings. The Morgan fingerprint density at radius 1 is 1.26 bits per heavy atom. The summed E-state index contributed by atoms with van der Waals surface area (Å²) in [5.41, 5.74) is 3.36. The van der Waals surface area contributed by atoms with Crippen LogP contribution in [0, 0.1) is 6.57 Å². The van der Waals surface area contributed by atoms with E-state index in [-0.39, 0.29) is 0 Å². The third kappa shape index (κ3) is 2.40. The Kier molecular flexibility index (Phi) is 3.34. The van der Waals surface area contributed by atoms with Gasteiger partial charge in [0.05, 0.1) is 24.1 Å². The molecule has 0 aliphatic carbocycles. The van der Waals surface area contributed by atoms with Crippen LogP contribution < -0.4 is 4.90 Å². The predicted octanol–water partition coefficient (Wildman–Crippen LogP) is 1.60. The fourth-order valence-electron chi connectivity index (χ4n) is 2.61. The summed E-state index contributed by atoms with van der Waals surface area (Å²) in [7, 11) is 0. The largest absolute Gasteiger partial charge is 0.367 e. The zero-order valence-corrected chi connectivity index (χ0v) is 10.8. The van der Waals surface area contributed by atoms with Gasteiger partial charge in [-0.1, -0.05) is 6.07 Å². The Morgan fingerprint density at radius 3 is 2.89 bits per heavy atom. The van der Waals surface area contributed by atoms with Crippen molar-refractivity contribution in [2.24, 2.45) is 0 Å². The van der Waals surface area contributed by atoms with Crippen molar-refractivity contribution in [1.29, 1.82) is 0 Å². The molecule has 5 nitrogen and oxygen atoms in total. The zero-order valence-electron chi connectivity index (χ0n) is 10.8. The lowest BCUT2D eigenvalue weighted by Crippen LogP contribution is -2.47. The van der Waals surface area contributed by atoms with Gasteiger partial charge in [-0.3, -0.25) is 4.90 Å². The molecule has 5 heteroatoms. The van der Waals surface area contributed by atoms with Gasteiger partial charge < -0.3 is 14.7 Å². The molecule has 3 rings (SSSR count). The summed E-state index contributed by atoms with van der Waals surface area (Å²) < 4.78 is 0. The topological polar surface area (TPSA) is 39.5 Å². The first-order valence-electron chi connectivity index (χ1n) is 6.61. The summed E-state index contributed by atoms with van der Waals surface area (Å²) in [5.74, 6) is 0. The average Bonchev–Trinajstić information content (AvgIpc) is 2.94. The number of H-pyrrole nitrogens is 1. The first-order valence-corrected chi connectivity index (χ1v) is 6.61. The molecule has 1 aliphatic heterocycles. The molecule has 1 aromatic carbocycles. The molecule has 0 atom stereocenters. The number of fused-ring (bicyclic) bond motifs is 1. The summed E-state index contributed by atoms with van der Waals surface area (Å²) in [6.07, 6.45) is 1.75. The molecule has 0 bridgehead atoms. The number of nitrogens with zero attached hydrogens (tertiary/aromatic N) is 4. The quantitative estimate of drug-likeness (QED) is 0.847. The molecule has 1 aromatic heterocycles. The fraction of sp³-hybridized carbons (Fsp3) is 0.429. The smallest absolute Gasteiger partial charge is 0.227 e. The summed E-state index contributed by atoms with van der Waals surface area (Å²) in [6.45, 7) is 12.4. The molecular formula is C14H17N5. The van der Waals surface area contributed by atoms with Gasteiger partial charge in [0.2, 0.25) is 6.54 Å². The Hall–Kier alpha value is -2.06. The minimum absolute atomic E-state index is 0.606. The molecule has 0 spiro atoms. The van der Waals surface area contributed by atoms with Crippen LogP contribution in [0.3, 0.4) is 0 Å². The molecular weight excluding hydrogens is 238 g/mol. The first kappa shape index (κ1) is 12.0. The highest BCUT2D eigenvalue weighted by molar-refractivity contribution is 5.88. The summed E-state index contributed by atoms with van der Waals surface area (Å²) in [5, 5.41) is 0. The number of hydrogen-bond acceptors (Lipinski definition) is 3. The number of hydrogen-bond donors (Lipinski definition) is 1. The molecule has 0 radical (unpaired) electrons. The SMILES string of the molecule is [C-]#[N+]CCN1CCN(c2cccc3[nH]cnc23)CC1. The maximum atomic E-state index is 6.84. The van der Waals surface area contributed by atoms with Gasteiger partial charge in [0.15, 0.2) is 0 Å². The molecule has 0 saturated carbocycles. The summed E-state index contributed by atoms with van der Waals surface area (Å²) in [4.78, 5) is 15.7. The highest BCUT2D eigenvalue weighted by Gasteiger charge is 2.19. The zero-order chi connectivity index (χ0) is 13.1. The normalized spacial score (nSPS) is 16.7. The number of nitrogens with one attached hydrogen (secondary N) is 1. The fourth-order valence-corrected chi connectivity index (χ4v) is 2.61. The number of piperazine rings is 1. The maximum absolute atomic E-state index is 6.84. The van der Waals surface area contributed by atoms with E-state index < -0.39 is 0 Å². The number of anilines is 1. The van der Waals surface area contributed by atoms with Gasteiger partial charge in [0.25, 0.3) is 0 Å². The third-order valence-electron chi connectivity index (χ3n) is 3.67. The highest BCUT2D eigenvalue weighted by atomic mass is 15.3. The van der Waals surface area contributed by atoms with Gasteiger partial charge >= 0.3 is 0 Å². The lowest BCUT2D eigenvalue weighted by Gasteiger charge is -2.35. The van der Waals surface area contributed by atoms with E-state index >= 15 is 0 Å². The van der Waals surface area contributed by atoms with Crippen LogP contribution in [0.4, 0.5) is 5.69 Å². The second-order valence-electron chi connectivity index (χ2n) is 4.79. The average molecular weight is 255 g/mol. The molecule has 0 amide bonds. The maximum Gasteiger partial charge on any atom is 0.227 e. The van der Waals surface area contributed by atoms with Gasteiger partial charge in [-0.05, 0) is 12.1 Å². The van der Waals surface area contributed by atoms with Crippen LogP contribution in [-0.2, 0) is 0 Å². The number of para-hydroxylation sites is 1. The third-order valence-corrected chi connectivity index (χ3v) is 3.67. The van der Waals surface area contributed by atoms with E-state index in [9.17, 15) is 0 Å². The van der Waals surface area contributed by atoms with Crippen molar-refractivity contribution in [2.75, 3.05) is 44.2 Å². The molecule has 98 valence electrons. The van der Waals surface area contributed by atoms with Crippen molar-refractivity contribution >= 4 is 16.7 Å². The van der Waals surface area contributed by atoms with E-state index in [2.05, 4.69) is 42.8 Å². The van der Waals surface area contributed by atoms with Crippen LogP contribution in [-0.4, -0.2) is 54.1 Å². The van der Waals surface area contributed by atoms with E-state index in [0.29, 0.717) is 6.54 Å². The van der Waals surface area contributed by atoms with Crippen LogP contribution in [0.1, 0.15) is 0 Å². The minimum atomic E-state index is 0.606. The van der Waals surface area contributed by atoms with Gasteiger partial charge in [-0.15, -0.1) is 0 Å². The van der Waals surface area contributed by atoms with Gasteiger partial charge in [-0.2, -0.15) is 0 Å². The predicted molar refractivity (Wildman–Crippen MR) is 76.2 cm³/mol. The molecule has 2 heterocycles. The molecule has 19 heavy (non-hydrogen) atoms. The number of imidazole rings is 1. The van der Waals surface area contributed by atoms with Crippen molar-refractivity contribution in [3.05, 3.63) is 35.9 Å². The molecule has 1 N–H and O–H groups in total. The van der Waals surface area contributed by atoms with Crippen LogP contribution in [0.5, 0.6) is 0 Å². The number of aromatic amines is 1. The molecule has 1 aliphatic rings. The second-order valence-corrected chi connectivity index (χ2v) is 4.79. The standard InChI is InChI=1S/C14H17N5/c1-15-5-6-18-7-9-19(10-8-18)13-4-2-3-12-14(13)17-11-16-12/h2-4,11H,5-10H2,(H,16,17). The monoisotopic (exact) mass is 255 g/mol. The van der Waals surface area contributed by atoms with Crippen molar-refractivity contribution < 1.29 is 0 Å². The number of rotatable bonds is 3. The Bertz CT molecular complexity index is 589. The number of benzene rings is 1. The first-order chi connectivity index (χ1) is 9.38. The Balaban J connectivity index is 1.72. The Morgan fingerprint density at radius 2 is 2.11 bits per heavy atom. The molecule has 1 fully saturated rings. The lowest BCUT2D eigenvalue weighted by atomic mass is 10.2. The van der Waals surface area contributed by atoms with Gasteiger partial charge in [-0.25, -0.2) is 11.6 Å². The number of aromatic nitrogens is 2. The van der Waals surface area contributed by atoms with Crippen LogP contribution in [0.2, 0.25) is 0 Å². The van der Waals surface area contributed by atoms with Crippen molar-refractivity contribution in [1.82, 2.24) is 14.9 Å². The second kappa shape index (κ2) is 5.29. The van der Waals surface area contributed by atoms with E-state index in [1.165, 1.54) is 5.69 Å². The van der Waals surface area contributed by atoms with Crippen molar-refractivity contribution in [2.45, 2.75) is 0 Å². The van der Waals surface area contributed by atoms with E-state index in [0.717, 1.165) is 43.8 Å². The van der Waals surface area contributed by atoms with E-state index in [1.54, 1.807) is 6.33 Å². The molecule has 0 unspecified atom stereocenters. The van der Waals surface area contributed by atoms with Crippen LogP contribution in [0.15, 0.2) is 24.5 Å². The van der Waals surface area contributed by atoms with E-state index in [1.807, 2.05) is 0 Å². The van der Waals surface area contributed by atoms with E-state index in [4.69, 9.17) is 6.57 Å². The van der Waals surface area contributed by atoms with Gasteiger partial charge in [0.1, 0.15) is 5.52 Å². The van der Waals surface area contributed by atoms with Crippen LogP contribution in [0.25, 0.3) is 15.9 Å². The summed E-state index contributed by atoms with van der Waals surface area (Å²) >= 11 is 0. The summed E-state index contributed by atoms with van der Waals surface area (Å²) in [6, 6.07) is 6.26. The minimum Gasteiger partial charge on any atom is -0.367 e. The lowest BCUT2D eigenvalue weighted by molar-refractivity contribution is 0.269. The van der Waals surface area contributed by atoms with Gasteiger partial charge in [0, 0.05) is 26.2 Å². The highest BCUT2D eigenvalue weighted by Crippen LogP contribution is 2.24. The van der Waals surface area contributed by atoms with Crippen LogP contribution >= 0.6 is 0 Å². The van der Waals surface area contributed by atoms with Crippen molar-refractivity contribution in [3.63, 3.8) is 0 Å². The Labute approximate surface area is 112 Å².